The van der Waals surface area contributed by atoms with Crippen LogP contribution in [0.15, 0.2) is 47.6 Å². The largest absolute Gasteiger partial charge is 0.497 e. The molecule has 0 radical (unpaired) electrons. The highest BCUT2D eigenvalue weighted by atomic mass is 32.2. The number of aromatic nitrogens is 1. The zero-order valence-corrected chi connectivity index (χ0v) is 11.5. The van der Waals surface area contributed by atoms with E-state index in [-0.39, 0.29) is 10.6 Å². The highest BCUT2D eigenvalue weighted by molar-refractivity contribution is 7.92. The van der Waals surface area contributed by atoms with Crippen LogP contribution in [0, 0.1) is 0 Å². The van der Waals surface area contributed by atoms with E-state index in [0.29, 0.717) is 11.4 Å². The van der Waals surface area contributed by atoms with Gasteiger partial charge < -0.3 is 10.2 Å². The Morgan fingerprint density at radius 2 is 1.90 bits per heavy atom. The molecule has 20 heavy (non-hydrogen) atoms. The molecule has 8 heteroatoms. The molecule has 0 aliphatic rings. The topological polar surface area (TPSA) is 106 Å². The smallest absolute Gasteiger partial charge is 0.265 e. The van der Waals surface area contributed by atoms with E-state index < -0.39 is 10.0 Å². The lowest BCUT2D eigenvalue weighted by Crippen LogP contribution is -2.17. The second-order valence-electron chi connectivity index (χ2n) is 3.85. The van der Waals surface area contributed by atoms with Crippen molar-refractivity contribution >= 4 is 21.4 Å². The van der Waals surface area contributed by atoms with Gasteiger partial charge in [0, 0.05) is 18.1 Å². The predicted molar refractivity (Wildman–Crippen MR) is 75.8 cm³/mol. The van der Waals surface area contributed by atoms with E-state index in [1.165, 1.54) is 25.6 Å². The van der Waals surface area contributed by atoms with Crippen LogP contribution in [0.2, 0.25) is 0 Å². The van der Waals surface area contributed by atoms with E-state index in [9.17, 15) is 8.42 Å². The second-order valence-corrected chi connectivity index (χ2v) is 5.50. The average Bonchev–Trinajstić information content (AvgIpc) is 2.47. The molecular formula is C12H14N4O3S. The lowest BCUT2D eigenvalue weighted by Gasteiger charge is -2.11. The maximum atomic E-state index is 12.3. The molecule has 4 N–H and O–H groups in total. The molecule has 0 bridgehead atoms. The molecule has 1 aromatic carbocycles. The molecule has 0 aliphatic heterocycles. The summed E-state index contributed by atoms with van der Waals surface area (Å²) in [5.41, 5.74) is 3.01. The Kier molecular flexibility index (Phi) is 4.06. The molecule has 0 unspecified atom stereocenters. The highest BCUT2D eigenvalue weighted by Crippen LogP contribution is 2.23. The van der Waals surface area contributed by atoms with Crippen molar-refractivity contribution in [3.8, 4) is 5.75 Å². The number of rotatable bonds is 5. The number of nitrogens with one attached hydrogen (secondary N) is 2. The van der Waals surface area contributed by atoms with Crippen LogP contribution in [0.3, 0.4) is 0 Å². The first-order valence-electron chi connectivity index (χ1n) is 5.64. The molecule has 1 aromatic heterocycles. The summed E-state index contributed by atoms with van der Waals surface area (Å²) in [6, 6.07) is 7.99. The monoisotopic (exact) mass is 294 g/mol. The van der Waals surface area contributed by atoms with Crippen molar-refractivity contribution in [3.05, 3.63) is 42.7 Å². The van der Waals surface area contributed by atoms with Gasteiger partial charge in [-0.25, -0.2) is 8.42 Å². The first kappa shape index (κ1) is 14.1. The van der Waals surface area contributed by atoms with Gasteiger partial charge in [-0.1, -0.05) is 0 Å². The van der Waals surface area contributed by atoms with Crippen molar-refractivity contribution in [2.24, 2.45) is 5.84 Å². The molecule has 0 amide bonds. The van der Waals surface area contributed by atoms with Gasteiger partial charge in [-0.05, 0) is 30.3 Å². The average molecular weight is 294 g/mol. The maximum absolute atomic E-state index is 12.3. The number of hydrogen-bond acceptors (Lipinski definition) is 6. The fourth-order valence-electron chi connectivity index (χ4n) is 1.58. The Hall–Kier alpha value is -2.32. The quantitative estimate of drug-likeness (QED) is 0.564. The zero-order chi connectivity index (χ0) is 14.6. The van der Waals surface area contributed by atoms with Gasteiger partial charge in [-0.3, -0.25) is 15.5 Å². The molecule has 0 saturated carbocycles. The summed E-state index contributed by atoms with van der Waals surface area (Å²) in [5.74, 6) is 5.93. The van der Waals surface area contributed by atoms with Crippen LogP contribution < -0.4 is 20.7 Å². The minimum Gasteiger partial charge on any atom is -0.497 e. The van der Waals surface area contributed by atoms with Crippen LogP contribution in [0.5, 0.6) is 5.75 Å². The van der Waals surface area contributed by atoms with Gasteiger partial charge in [0.25, 0.3) is 10.0 Å². The number of ether oxygens (including phenoxy) is 1. The Morgan fingerprint density at radius 1 is 1.20 bits per heavy atom. The minimum atomic E-state index is -3.77. The van der Waals surface area contributed by atoms with Gasteiger partial charge in [0.05, 0.1) is 12.8 Å². The van der Waals surface area contributed by atoms with Gasteiger partial charge in [0.15, 0.2) is 0 Å². The number of hydrazine groups is 1. The standard InChI is InChI=1S/C12H14N4O3S/c1-19-10-4-2-9(3-5-10)16-20(17,18)12-8-14-7-6-11(12)15-13/h2-8,16H,13H2,1H3,(H,14,15). The van der Waals surface area contributed by atoms with Crippen molar-refractivity contribution in [3.63, 3.8) is 0 Å². The summed E-state index contributed by atoms with van der Waals surface area (Å²) in [6.45, 7) is 0. The van der Waals surface area contributed by atoms with Crippen LogP contribution in [-0.4, -0.2) is 20.5 Å². The molecule has 0 saturated heterocycles. The van der Waals surface area contributed by atoms with Crippen LogP contribution in [0.25, 0.3) is 0 Å². The fourth-order valence-corrected chi connectivity index (χ4v) is 2.75. The van der Waals surface area contributed by atoms with Gasteiger partial charge in [0.2, 0.25) is 0 Å². The van der Waals surface area contributed by atoms with Crippen LogP contribution >= 0.6 is 0 Å². The van der Waals surface area contributed by atoms with Gasteiger partial charge >= 0.3 is 0 Å². The zero-order valence-electron chi connectivity index (χ0n) is 10.7. The Morgan fingerprint density at radius 3 is 2.50 bits per heavy atom. The van der Waals surface area contributed by atoms with E-state index >= 15 is 0 Å². The highest BCUT2D eigenvalue weighted by Gasteiger charge is 2.18. The third-order valence-electron chi connectivity index (χ3n) is 2.57. The van der Waals surface area contributed by atoms with Gasteiger partial charge in [0.1, 0.15) is 10.6 Å². The molecule has 2 aromatic rings. The van der Waals surface area contributed by atoms with E-state index in [0.717, 1.165) is 0 Å². The number of benzene rings is 1. The first-order valence-corrected chi connectivity index (χ1v) is 7.12. The van der Waals surface area contributed by atoms with Gasteiger partial charge in [-0.2, -0.15) is 0 Å². The normalized spacial score (nSPS) is 10.9. The molecule has 0 spiro atoms. The molecule has 2 rings (SSSR count). The first-order chi connectivity index (χ1) is 9.56. The fraction of sp³-hybridized carbons (Fsp3) is 0.0833. The molecule has 7 nitrogen and oxygen atoms in total. The molecule has 0 aliphatic carbocycles. The second kappa shape index (κ2) is 5.76. The number of pyridine rings is 1. The predicted octanol–water partition coefficient (Wildman–Crippen LogP) is 1.18. The van der Waals surface area contributed by atoms with E-state index in [1.54, 1.807) is 24.3 Å². The number of sulfonamides is 1. The number of anilines is 2. The van der Waals surface area contributed by atoms with Crippen LogP contribution in [-0.2, 0) is 10.0 Å². The molecule has 0 atom stereocenters. The third-order valence-corrected chi connectivity index (χ3v) is 3.98. The molecule has 0 fully saturated rings. The minimum absolute atomic E-state index is 0.0293. The number of nitrogen functional groups attached to an aromatic ring is 1. The lowest BCUT2D eigenvalue weighted by atomic mass is 10.3. The summed E-state index contributed by atoms with van der Waals surface area (Å²) in [4.78, 5) is 3.76. The summed E-state index contributed by atoms with van der Waals surface area (Å²) in [6.07, 6.45) is 2.67. The molecule has 1 heterocycles. The van der Waals surface area contributed by atoms with E-state index in [4.69, 9.17) is 10.6 Å². The number of methoxy groups -OCH3 is 1. The summed E-state index contributed by atoms with van der Waals surface area (Å²) < 4.78 is 32.0. The van der Waals surface area contributed by atoms with Crippen molar-refractivity contribution < 1.29 is 13.2 Å². The number of hydrogen-bond donors (Lipinski definition) is 3. The van der Waals surface area contributed by atoms with E-state index in [2.05, 4.69) is 15.1 Å². The third kappa shape index (κ3) is 2.98. The van der Waals surface area contributed by atoms with Crippen molar-refractivity contribution in [2.45, 2.75) is 4.90 Å². The Bertz CT molecular complexity index is 686. The number of nitrogens with two attached hydrogens (primary N) is 1. The van der Waals surface area contributed by atoms with Crippen molar-refractivity contribution in [1.29, 1.82) is 0 Å². The molecular weight excluding hydrogens is 280 g/mol. The molecule has 106 valence electrons. The van der Waals surface area contributed by atoms with Crippen LogP contribution in [0.1, 0.15) is 0 Å². The van der Waals surface area contributed by atoms with E-state index in [1.807, 2.05) is 0 Å². The number of nitrogens with zero attached hydrogens (tertiary/aromatic N) is 1. The lowest BCUT2D eigenvalue weighted by molar-refractivity contribution is 0.415. The van der Waals surface area contributed by atoms with Gasteiger partial charge in [-0.15, -0.1) is 0 Å². The Balaban J connectivity index is 2.30. The van der Waals surface area contributed by atoms with Crippen molar-refractivity contribution in [1.82, 2.24) is 4.98 Å². The van der Waals surface area contributed by atoms with Crippen molar-refractivity contribution in [2.75, 3.05) is 17.3 Å². The maximum Gasteiger partial charge on any atom is 0.265 e. The summed E-state index contributed by atoms with van der Waals surface area (Å²) in [7, 11) is -2.24. The summed E-state index contributed by atoms with van der Waals surface area (Å²) >= 11 is 0. The SMILES string of the molecule is COc1ccc(NS(=O)(=O)c2cnccc2NN)cc1. The Labute approximate surface area is 116 Å². The van der Waals surface area contributed by atoms with Crippen LogP contribution in [0.4, 0.5) is 11.4 Å². The summed E-state index contributed by atoms with van der Waals surface area (Å²) in [5, 5.41) is 0.